The normalized spacial score (nSPS) is 16.1. The Hall–Kier alpha value is 0.196. The summed E-state index contributed by atoms with van der Waals surface area (Å²) in [6.45, 7) is 9.22. The number of benzene rings is 1. The number of anilines is 1. The molecule has 88 valence electrons. The number of allylic oxidation sites excluding steroid dienone is 1. The molecule has 0 saturated heterocycles. The van der Waals surface area contributed by atoms with E-state index in [0.717, 1.165) is 5.75 Å². The molecule has 1 aliphatic rings. The van der Waals surface area contributed by atoms with E-state index >= 15 is 0 Å². The van der Waals surface area contributed by atoms with Crippen LogP contribution >= 0.6 is 0 Å². The molecule has 0 radical (unpaired) electrons. The molecule has 0 aromatic heterocycles. The zero-order valence-corrected chi connectivity index (χ0v) is 14.5. The van der Waals surface area contributed by atoms with Gasteiger partial charge in [-0.1, -0.05) is 6.08 Å². The van der Waals surface area contributed by atoms with Gasteiger partial charge in [-0.25, -0.2) is 0 Å². The number of rotatable bonds is 2. The topological polar surface area (TPSA) is 21.3 Å². The van der Waals surface area contributed by atoms with Crippen molar-refractivity contribution in [2.75, 3.05) is 11.9 Å². The van der Waals surface area contributed by atoms with Crippen LogP contribution in [0.5, 0.6) is 5.75 Å². The maximum Gasteiger partial charge on any atom is 1.00 e. The summed E-state index contributed by atoms with van der Waals surface area (Å²) in [4.78, 5) is 0. The Morgan fingerprint density at radius 3 is 2.71 bits per heavy atom. The molecule has 1 aromatic carbocycles. The molecule has 0 unspecified atom stereocenters. The number of hydrogen-bond donors (Lipinski definition) is 1. The van der Waals surface area contributed by atoms with Gasteiger partial charge in [0.25, 0.3) is 0 Å². The Kier molecular flexibility index (Phi) is 5.29. The second-order valence-corrected chi connectivity index (χ2v) is 4.81. The van der Waals surface area contributed by atoms with Gasteiger partial charge in [-0.2, -0.15) is 0 Å². The minimum atomic E-state index is 0. The van der Waals surface area contributed by atoms with Crippen LogP contribution in [0.2, 0.25) is 0 Å². The van der Waals surface area contributed by atoms with Gasteiger partial charge < -0.3 is 11.5 Å². The van der Waals surface area contributed by atoms with Crippen LogP contribution in [0.4, 0.5) is 5.69 Å². The van der Waals surface area contributed by atoms with E-state index in [1.165, 1.54) is 16.8 Å². The summed E-state index contributed by atoms with van der Waals surface area (Å²) < 4.78 is 5.52. The van der Waals surface area contributed by atoms with Crippen molar-refractivity contribution in [2.45, 2.75) is 33.2 Å². The zero-order chi connectivity index (χ0) is 11.8. The number of hydrogen-bond acceptors (Lipinski definition) is 2. The predicted molar refractivity (Wildman–Crippen MR) is 70.1 cm³/mol. The molecule has 2 rings (SSSR count). The standard InChI is InChI=1S/C14H19NO.K.H/c1-5-16-11-6-7-13-12(8-11)10(2)9-14(3,4)15-13;;/h6-9,15H,5H2,1-4H3;;/q;+1;-1. The monoisotopic (exact) mass is 257 g/mol. The summed E-state index contributed by atoms with van der Waals surface area (Å²) in [6.07, 6.45) is 2.26. The Morgan fingerprint density at radius 1 is 1.35 bits per heavy atom. The van der Waals surface area contributed by atoms with E-state index in [0.29, 0.717) is 6.61 Å². The third-order valence-corrected chi connectivity index (χ3v) is 2.76. The van der Waals surface area contributed by atoms with E-state index in [-0.39, 0.29) is 58.4 Å². The van der Waals surface area contributed by atoms with Gasteiger partial charge in [0.15, 0.2) is 0 Å². The van der Waals surface area contributed by atoms with Gasteiger partial charge in [-0.05, 0) is 51.5 Å². The molecule has 0 spiro atoms. The molecule has 1 aromatic rings. The average Bonchev–Trinajstić information content (AvgIpc) is 2.18. The van der Waals surface area contributed by atoms with E-state index < -0.39 is 0 Å². The summed E-state index contributed by atoms with van der Waals surface area (Å²) in [5.74, 6) is 0.940. The molecule has 0 fully saturated rings. The predicted octanol–water partition coefficient (Wildman–Crippen LogP) is 0.809. The largest absolute Gasteiger partial charge is 1.00 e. The second kappa shape index (κ2) is 5.89. The van der Waals surface area contributed by atoms with Crippen LogP contribution in [0, 0.1) is 0 Å². The number of ether oxygens (including phenoxy) is 1. The van der Waals surface area contributed by atoms with Gasteiger partial charge in [0.05, 0.1) is 12.1 Å². The molecule has 0 atom stereocenters. The summed E-state index contributed by atoms with van der Waals surface area (Å²) in [5.41, 5.74) is 3.77. The molecule has 1 heterocycles. The molecule has 17 heavy (non-hydrogen) atoms. The van der Waals surface area contributed by atoms with Crippen LogP contribution in [0.1, 0.15) is 34.7 Å². The average molecular weight is 257 g/mol. The number of fused-ring (bicyclic) bond motifs is 1. The van der Waals surface area contributed by atoms with E-state index in [4.69, 9.17) is 4.74 Å². The third kappa shape index (κ3) is 3.58. The summed E-state index contributed by atoms with van der Waals surface area (Å²) in [7, 11) is 0. The molecule has 1 aliphatic heterocycles. The summed E-state index contributed by atoms with van der Waals surface area (Å²) in [6, 6.07) is 6.22. The molecular formula is C14H20KNO. The first kappa shape index (κ1) is 15.3. The zero-order valence-electron chi connectivity index (χ0n) is 12.4. The van der Waals surface area contributed by atoms with Crippen LogP contribution in [0.15, 0.2) is 24.3 Å². The van der Waals surface area contributed by atoms with Crippen molar-refractivity contribution in [3.8, 4) is 5.75 Å². The van der Waals surface area contributed by atoms with Crippen LogP contribution in [-0.4, -0.2) is 12.1 Å². The van der Waals surface area contributed by atoms with Crippen LogP contribution in [0.3, 0.4) is 0 Å². The van der Waals surface area contributed by atoms with E-state index in [9.17, 15) is 0 Å². The molecular weight excluding hydrogens is 237 g/mol. The van der Waals surface area contributed by atoms with Gasteiger partial charge in [-0.15, -0.1) is 0 Å². The van der Waals surface area contributed by atoms with Gasteiger partial charge in [-0.3, -0.25) is 0 Å². The van der Waals surface area contributed by atoms with E-state index in [2.05, 4.69) is 44.3 Å². The molecule has 1 N–H and O–H groups in total. The van der Waals surface area contributed by atoms with Gasteiger partial charge in [0, 0.05) is 11.3 Å². The quantitative estimate of drug-likeness (QED) is 0.792. The van der Waals surface area contributed by atoms with Crippen molar-refractivity contribution in [2.24, 2.45) is 0 Å². The van der Waals surface area contributed by atoms with E-state index in [1.807, 2.05) is 13.0 Å². The smallest absolute Gasteiger partial charge is 1.00 e. The number of nitrogens with one attached hydrogen (secondary N) is 1. The molecule has 0 amide bonds. The summed E-state index contributed by atoms with van der Waals surface area (Å²) in [5, 5.41) is 3.50. The summed E-state index contributed by atoms with van der Waals surface area (Å²) >= 11 is 0. The Morgan fingerprint density at radius 2 is 2.06 bits per heavy atom. The van der Waals surface area contributed by atoms with Crippen LogP contribution in [-0.2, 0) is 0 Å². The Labute approximate surface area is 148 Å². The van der Waals surface area contributed by atoms with E-state index in [1.54, 1.807) is 0 Å². The molecule has 0 aliphatic carbocycles. The fraction of sp³-hybridized carbons (Fsp3) is 0.429. The van der Waals surface area contributed by atoms with Crippen molar-refractivity contribution < 1.29 is 57.5 Å². The van der Waals surface area contributed by atoms with Gasteiger partial charge in [0.2, 0.25) is 0 Å². The first-order valence-electron chi connectivity index (χ1n) is 5.77. The third-order valence-electron chi connectivity index (χ3n) is 2.76. The first-order chi connectivity index (χ1) is 7.52. The first-order valence-corrected chi connectivity index (χ1v) is 5.77. The van der Waals surface area contributed by atoms with Crippen molar-refractivity contribution in [1.82, 2.24) is 0 Å². The molecule has 0 saturated carbocycles. The Bertz CT molecular complexity index is 443. The van der Waals surface area contributed by atoms with Crippen LogP contribution in [0.25, 0.3) is 5.57 Å². The minimum absolute atomic E-state index is 0. The maximum atomic E-state index is 5.52. The fourth-order valence-corrected chi connectivity index (χ4v) is 2.22. The molecule has 3 heteroatoms. The maximum absolute atomic E-state index is 5.52. The molecule has 0 bridgehead atoms. The molecule has 2 nitrogen and oxygen atoms in total. The van der Waals surface area contributed by atoms with Crippen molar-refractivity contribution in [3.05, 3.63) is 29.8 Å². The van der Waals surface area contributed by atoms with Gasteiger partial charge in [0.1, 0.15) is 5.75 Å². The minimum Gasteiger partial charge on any atom is -1.00 e. The fourth-order valence-electron chi connectivity index (χ4n) is 2.22. The van der Waals surface area contributed by atoms with Crippen molar-refractivity contribution >= 4 is 11.3 Å². The van der Waals surface area contributed by atoms with Gasteiger partial charge >= 0.3 is 51.4 Å². The van der Waals surface area contributed by atoms with Crippen molar-refractivity contribution in [1.29, 1.82) is 0 Å². The van der Waals surface area contributed by atoms with Crippen LogP contribution < -0.4 is 61.4 Å². The second-order valence-electron chi connectivity index (χ2n) is 4.81. The van der Waals surface area contributed by atoms with Crippen molar-refractivity contribution in [3.63, 3.8) is 0 Å². The Balaban J connectivity index is 0.00000144. The SMILES string of the molecule is CCOc1ccc2c(c1)C(C)=CC(C)(C)N2.[H-].[K+].